The molecule has 19 heavy (non-hydrogen) atoms. The first-order chi connectivity index (χ1) is 8.66. The number of nitro groups is 1. The third-order valence-electron chi connectivity index (χ3n) is 2.50. The maximum atomic E-state index is 11.8. The molecule has 0 heterocycles. The van der Waals surface area contributed by atoms with E-state index < -0.39 is 31.7 Å². The molecular weight excluding hydrogens is 342 g/mol. The fourth-order valence-corrected chi connectivity index (χ4v) is 3.28. The third-order valence-corrected chi connectivity index (χ3v) is 5.41. The molecule has 0 bridgehead atoms. The number of rotatable bonds is 5. The van der Waals surface area contributed by atoms with Crippen LogP contribution in [0.25, 0.3) is 0 Å². The SMILES string of the molecule is CC(C(=O)O)S(=O)(=O)Cc1cccc([N+](=O)[O-])c1Br. The number of carboxylic acid groups (broad SMARTS) is 1. The molecule has 7 nitrogen and oxygen atoms in total. The van der Waals surface area contributed by atoms with Gasteiger partial charge in [-0.3, -0.25) is 14.9 Å². The van der Waals surface area contributed by atoms with E-state index in [1.54, 1.807) is 0 Å². The maximum Gasteiger partial charge on any atom is 0.321 e. The number of carboxylic acids is 1. The highest BCUT2D eigenvalue weighted by Gasteiger charge is 2.29. The number of carbonyl (C=O) groups is 1. The van der Waals surface area contributed by atoms with E-state index >= 15 is 0 Å². The smallest absolute Gasteiger partial charge is 0.321 e. The minimum absolute atomic E-state index is 0.0427. The van der Waals surface area contributed by atoms with E-state index in [0.717, 1.165) is 6.92 Å². The molecule has 1 aromatic carbocycles. The zero-order chi connectivity index (χ0) is 14.8. The number of aliphatic carboxylic acids is 1. The number of nitro benzene ring substituents is 1. The zero-order valence-electron chi connectivity index (χ0n) is 9.74. The molecule has 1 atom stereocenters. The Morgan fingerprint density at radius 3 is 2.58 bits per heavy atom. The number of hydrogen-bond acceptors (Lipinski definition) is 5. The monoisotopic (exact) mass is 351 g/mol. The highest BCUT2D eigenvalue weighted by Crippen LogP contribution is 2.30. The van der Waals surface area contributed by atoms with Crippen LogP contribution in [0.3, 0.4) is 0 Å². The molecule has 0 saturated carbocycles. The Morgan fingerprint density at radius 2 is 2.11 bits per heavy atom. The molecule has 104 valence electrons. The lowest BCUT2D eigenvalue weighted by molar-refractivity contribution is -0.385. The number of sulfone groups is 1. The second-order valence-electron chi connectivity index (χ2n) is 3.80. The predicted molar refractivity (Wildman–Crippen MR) is 70.5 cm³/mol. The van der Waals surface area contributed by atoms with Gasteiger partial charge >= 0.3 is 5.97 Å². The van der Waals surface area contributed by atoms with Gasteiger partial charge in [0.15, 0.2) is 15.1 Å². The molecule has 0 aromatic heterocycles. The van der Waals surface area contributed by atoms with Crippen LogP contribution in [0.15, 0.2) is 22.7 Å². The van der Waals surface area contributed by atoms with Crippen molar-refractivity contribution < 1.29 is 23.2 Å². The molecular formula is C10H10BrNO6S. The van der Waals surface area contributed by atoms with Gasteiger partial charge in [-0.05, 0) is 28.4 Å². The van der Waals surface area contributed by atoms with Crippen LogP contribution in [0.4, 0.5) is 5.69 Å². The Labute approximate surface area is 117 Å². The van der Waals surface area contributed by atoms with E-state index in [1.807, 2.05) is 0 Å². The average molecular weight is 352 g/mol. The van der Waals surface area contributed by atoms with Crippen molar-refractivity contribution in [1.29, 1.82) is 0 Å². The molecule has 1 aromatic rings. The summed E-state index contributed by atoms with van der Waals surface area (Å²) in [6.07, 6.45) is 0. The first-order valence-corrected chi connectivity index (χ1v) is 7.54. The van der Waals surface area contributed by atoms with Crippen LogP contribution in [0.2, 0.25) is 0 Å². The molecule has 0 radical (unpaired) electrons. The molecule has 9 heteroatoms. The minimum atomic E-state index is -3.93. The van der Waals surface area contributed by atoms with E-state index in [1.165, 1.54) is 18.2 Å². The standard InChI is InChI=1S/C10H10BrNO6S/c1-6(10(13)14)19(17,18)5-7-3-2-4-8(9(7)11)12(15)16/h2-4,6H,5H2,1H3,(H,13,14). The summed E-state index contributed by atoms with van der Waals surface area (Å²) < 4.78 is 23.6. The van der Waals surface area contributed by atoms with Crippen molar-refractivity contribution in [3.63, 3.8) is 0 Å². The van der Waals surface area contributed by atoms with Gasteiger partial charge in [0.05, 0.1) is 15.1 Å². The van der Waals surface area contributed by atoms with Crippen molar-refractivity contribution in [3.8, 4) is 0 Å². The maximum absolute atomic E-state index is 11.8. The van der Waals surface area contributed by atoms with Crippen LogP contribution < -0.4 is 0 Å². The molecule has 0 amide bonds. The highest BCUT2D eigenvalue weighted by molar-refractivity contribution is 9.10. The Bertz CT molecular complexity index is 627. The van der Waals surface area contributed by atoms with Crippen LogP contribution in [0.1, 0.15) is 12.5 Å². The molecule has 0 saturated heterocycles. The highest BCUT2D eigenvalue weighted by atomic mass is 79.9. The Morgan fingerprint density at radius 1 is 1.53 bits per heavy atom. The number of benzene rings is 1. The Hall–Kier alpha value is -1.48. The Balaban J connectivity index is 3.18. The zero-order valence-corrected chi connectivity index (χ0v) is 12.1. The summed E-state index contributed by atoms with van der Waals surface area (Å²) in [4.78, 5) is 20.8. The van der Waals surface area contributed by atoms with Crippen molar-refractivity contribution >= 4 is 37.4 Å². The van der Waals surface area contributed by atoms with E-state index in [0.29, 0.717) is 0 Å². The second-order valence-corrected chi connectivity index (χ2v) is 6.91. The van der Waals surface area contributed by atoms with Crippen molar-refractivity contribution in [1.82, 2.24) is 0 Å². The molecule has 0 spiro atoms. The fourth-order valence-electron chi connectivity index (χ4n) is 1.31. The van der Waals surface area contributed by atoms with Gasteiger partial charge < -0.3 is 5.11 Å². The van der Waals surface area contributed by atoms with Crippen LogP contribution in [-0.4, -0.2) is 29.7 Å². The van der Waals surface area contributed by atoms with Gasteiger partial charge in [-0.2, -0.15) is 0 Å². The molecule has 0 aliphatic heterocycles. The van der Waals surface area contributed by atoms with Gasteiger partial charge in [0.1, 0.15) is 0 Å². The first-order valence-electron chi connectivity index (χ1n) is 5.03. The lowest BCUT2D eigenvalue weighted by Gasteiger charge is -2.09. The lowest BCUT2D eigenvalue weighted by atomic mass is 10.2. The molecule has 0 aliphatic carbocycles. The van der Waals surface area contributed by atoms with E-state index in [2.05, 4.69) is 15.9 Å². The Kier molecular flexibility index (Phi) is 4.64. The van der Waals surface area contributed by atoms with Crippen LogP contribution in [0.5, 0.6) is 0 Å². The molecule has 1 rings (SSSR count). The summed E-state index contributed by atoms with van der Waals surface area (Å²) in [6, 6.07) is 3.96. The summed E-state index contributed by atoms with van der Waals surface area (Å²) in [5.74, 6) is -2.04. The van der Waals surface area contributed by atoms with Gasteiger partial charge in [0, 0.05) is 6.07 Å². The molecule has 0 fully saturated rings. The molecule has 1 N–H and O–H groups in total. The van der Waals surface area contributed by atoms with Crippen molar-refractivity contribution in [2.45, 2.75) is 17.9 Å². The topological polar surface area (TPSA) is 115 Å². The quantitative estimate of drug-likeness (QED) is 0.638. The van der Waals surface area contributed by atoms with Gasteiger partial charge in [0.2, 0.25) is 0 Å². The van der Waals surface area contributed by atoms with Gasteiger partial charge in [-0.15, -0.1) is 0 Å². The summed E-state index contributed by atoms with van der Waals surface area (Å²) in [5, 5.41) is 17.9. The van der Waals surface area contributed by atoms with Crippen LogP contribution in [0, 0.1) is 10.1 Å². The van der Waals surface area contributed by atoms with E-state index in [9.17, 15) is 23.3 Å². The summed E-state index contributed by atoms with van der Waals surface area (Å²) >= 11 is 2.97. The largest absolute Gasteiger partial charge is 0.480 e. The summed E-state index contributed by atoms with van der Waals surface area (Å²) in [5.41, 5.74) is -0.113. The predicted octanol–water partition coefficient (Wildman–Crippen LogP) is 1.75. The second kappa shape index (κ2) is 5.66. The first kappa shape index (κ1) is 15.6. The number of hydrogen-bond donors (Lipinski definition) is 1. The third kappa shape index (κ3) is 3.51. The fraction of sp³-hybridized carbons (Fsp3) is 0.300. The van der Waals surface area contributed by atoms with Gasteiger partial charge in [-0.25, -0.2) is 8.42 Å². The van der Waals surface area contributed by atoms with E-state index in [-0.39, 0.29) is 15.7 Å². The van der Waals surface area contributed by atoms with Crippen molar-refractivity contribution in [2.24, 2.45) is 0 Å². The number of nitrogens with zero attached hydrogens (tertiary/aromatic N) is 1. The van der Waals surface area contributed by atoms with Crippen molar-refractivity contribution in [2.75, 3.05) is 0 Å². The van der Waals surface area contributed by atoms with Gasteiger partial charge in [0.25, 0.3) is 5.69 Å². The normalized spacial score (nSPS) is 12.9. The molecule has 0 aliphatic rings. The lowest BCUT2D eigenvalue weighted by Crippen LogP contribution is -2.28. The summed E-state index contributed by atoms with van der Waals surface area (Å²) in [7, 11) is -3.93. The van der Waals surface area contributed by atoms with Crippen molar-refractivity contribution in [3.05, 3.63) is 38.3 Å². The number of halogens is 1. The minimum Gasteiger partial charge on any atom is -0.480 e. The van der Waals surface area contributed by atoms with Crippen LogP contribution >= 0.6 is 15.9 Å². The van der Waals surface area contributed by atoms with Gasteiger partial charge in [-0.1, -0.05) is 12.1 Å². The van der Waals surface area contributed by atoms with E-state index in [4.69, 9.17) is 5.11 Å². The molecule has 1 unspecified atom stereocenters. The summed E-state index contributed by atoms with van der Waals surface area (Å²) in [6.45, 7) is 1.06. The van der Waals surface area contributed by atoms with Crippen LogP contribution in [-0.2, 0) is 20.4 Å². The average Bonchev–Trinajstić information content (AvgIpc) is 2.30.